The molecule has 160 valence electrons. The van der Waals surface area contributed by atoms with E-state index in [2.05, 4.69) is 10.6 Å². The number of amides is 3. The Morgan fingerprint density at radius 2 is 1.70 bits per heavy atom. The average Bonchev–Trinajstić information content (AvgIpc) is 2.71. The molecule has 0 bridgehead atoms. The van der Waals surface area contributed by atoms with Crippen molar-refractivity contribution in [1.29, 1.82) is 0 Å². The molecule has 2 aromatic rings. The van der Waals surface area contributed by atoms with Crippen LogP contribution in [0.2, 0.25) is 0 Å². The van der Waals surface area contributed by atoms with E-state index in [-0.39, 0.29) is 24.4 Å². The molecule has 1 aliphatic heterocycles. The quantitative estimate of drug-likeness (QED) is 0.809. The van der Waals surface area contributed by atoms with Gasteiger partial charge in [0.25, 0.3) is 5.91 Å². The molecule has 2 aromatic carbocycles. The Hall–Kier alpha value is -3.09. The van der Waals surface area contributed by atoms with E-state index in [0.717, 1.165) is 10.8 Å². The van der Waals surface area contributed by atoms with Crippen molar-refractivity contribution in [2.45, 2.75) is 45.3 Å². The molecule has 7 nitrogen and oxygen atoms in total. The molecule has 0 aliphatic carbocycles. The molecule has 0 spiro atoms. The fraction of sp³-hybridized carbons (Fsp3) is 0.435. The van der Waals surface area contributed by atoms with Crippen LogP contribution in [-0.2, 0) is 9.53 Å². The van der Waals surface area contributed by atoms with Gasteiger partial charge in [-0.05, 0) is 50.5 Å². The highest BCUT2D eigenvalue weighted by Gasteiger charge is 2.25. The Balaban J connectivity index is 1.48. The first kappa shape index (κ1) is 21.6. The van der Waals surface area contributed by atoms with E-state index in [1.54, 1.807) is 20.8 Å². The summed E-state index contributed by atoms with van der Waals surface area (Å²) in [5.41, 5.74) is 0.0986. The summed E-state index contributed by atoms with van der Waals surface area (Å²) in [6, 6.07) is 13.6. The van der Waals surface area contributed by atoms with Gasteiger partial charge in [-0.2, -0.15) is 0 Å². The largest absolute Gasteiger partial charge is 0.444 e. The summed E-state index contributed by atoms with van der Waals surface area (Å²) in [6.07, 6.45) is 0.733. The van der Waals surface area contributed by atoms with Crippen LogP contribution < -0.4 is 10.6 Å². The Morgan fingerprint density at radius 3 is 2.40 bits per heavy atom. The molecule has 2 N–H and O–H groups in total. The molecule has 1 saturated heterocycles. The summed E-state index contributed by atoms with van der Waals surface area (Å²) in [5.74, 6) is -0.247. The number of fused-ring (bicyclic) bond motifs is 1. The highest BCUT2D eigenvalue weighted by molar-refractivity contribution is 6.07. The smallest absolute Gasteiger partial charge is 0.408 e. The van der Waals surface area contributed by atoms with E-state index in [0.29, 0.717) is 31.5 Å². The van der Waals surface area contributed by atoms with Crippen LogP contribution in [0.15, 0.2) is 42.5 Å². The first-order chi connectivity index (χ1) is 14.2. The number of piperidine rings is 1. The van der Waals surface area contributed by atoms with Gasteiger partial charge in [0.05, 0.1) is 0 Å². The summed E-state index contributed by atoms with van der Waals surface area (Å²) in [6.45, 7) is 6.31. The van der Waals surface area contributed by atoms with Crippen LogP contribution in [0.4, 0.5) is 4.79 Å². The fourth-order valence-electron chi connectivity index (χ4n) is 3.55. The van der Waals surface area contributed by atoms with Crippen LogP contribution in [0.5, 0.6) is 0 Å². The van der Waals surface area contributed by atoms with Gasteiger partial charge >= 0.3 is 6.09 Å². The molecule has 0 radical (unpaired) electrons. The standard InChI is InChI=1S/C23H29N3O4/c1-23(2,3)30-22(29)24-15-20(27)25-17-11-13-26(14-12-17)21(28)19-10-6-8-16-7-4-5-9-18(16)19/h4-10,17H,11-15H2,1-3H3,(H,24,29)(H,25,27). The van der Waals surface area contributed by atoms with Crippen LogP contribution in [0.1, 0.15) is 44.0 Å². The highest BCUT2D eigenvalue weighted by atomic mass is 16.6. The van der Waals surface area contributed by atoms with E-state index in [1.165, 1.54) is 0 Å². The Labute approximate surface area is 176 Å². The minimum Gasteiger partial charge on any atom is -0.444 e. The Morgan fingerprint density at radius 1 is 1.03 bits per heavy atom. The van der Waals surface area contributed by atoms with Gasteiger partial charge in [0.2, 0.25) is 5.91 Å². The average molecular weight is 412 g/mol. The number of carbonyl (C=O) groups is 3. The molecule has 0 saturated carbocycles. The number of alkyl carbamates (subject to hydrolysis) is 1. The normalized spacial score (nSPS) is 15.0. The van der Waals surface area contributed by atoms with Crippen molar-refractivity contribution in [2.24, 2.45) is 0 Å². The number of hydrogen-bond donors (Lipinski definition) is 2. The van der Waals surface area contributed by atoms with Gasteiger partial charge in [-0.1, -0.05) is 36.4 Å². The second kappa shape index (κ2) is 9.15. The van der Waals surface area contributed by atoms with Gasteiger partial charge in [0.15, 0.2) is 0 Å². The molecule has 1 heterocycles. The fourth-order valence-corrected chi connectivity index (χ4v) is 3.55. The van der Waals surface area contributed by atoms with Gasteiger partial charge in [-0.15, -0.1) is 0 Å². The lowest BCUT2D eigenvalue weighted by Gasteiger charge is -2.32. The number of nitrogens with zero attached hydrogens (tertiary/aromatic N) is 1. The molecule has 3 amide bonds. The maximum atomic E-state index is 13.0. The van der Waals surface area contributed by atoms with Gasteiger partial charge in [-0.3, -0.25) is 9.59 Å². The lowest BCUT2D eigenvalue weighted by atomic mass is 10.0. The molecule has 3 rings (SSSR count). The molecule has 0 unspecified atom stereocenters. The topological polar surface area (TPSA) is 87.7 Å². The van der Waals surface area contributed by atoms with Gasteiger partial charge < -0.3 is 20.3 Å². The molecular weight excluding hydrogens is 382 g/mol. The number of rotatable bonds is 4. The van der Waals surface area contributed by atoms with Gasteiger partial charge in [0, 0.05) is 24.7 Å². The lowest BCUT2D eigenvalue weighted by molar-refractivity contribution is -0.121. The van der Waals surface area contributed by atoms with Crippen LogP contribution in [0.25, 0.3) is 10.8 Å². The van der Waals surface area contributed by atoms with Crippen molar-refractivity contribution < 1.29 is 19.1 Å². The monoisotopic (exact) mass is 411 g/mol. The van der Waals surface area contributed by atoms with Crippen molar-refractivity contribution in [3.05, 3.63) is 48.0 Å². The van der Waals surface area contributed by atoms with E-state index in [1.807, 2.05) is 47.4 Å². The zero-order chi connectivity index (χ0) is 21.7. The predicted molar refractivity (Wildman–Crippen MR) is 115 cm³/mol. The summed E-state index contributed by atoms with van der Waals surface area (Å²) in [7, 11) is 0. The second-order valence-corrected chi connectivity index (χ2v) is 8.52. The summed E-state index contributed by atoms with van der Waals surface area (Å²) in [4.78, 5) is 38.6. The van der Waals surface area contributed by atoms with Gasteiger partial charge in [-0.25, -0.2) is 4.79 Å². The van der Waals surface area contributed by atoms with Crippen LogP contribution in [0.3, 0.4) is 0 Å². The molecule has 1 fully saturated rings. The SMILES string of the molecule is CC(C)(C)OC(=O)NCC(=O)NC1CCN(C(=O)c2cccc3ccccc23)CC1. The first-order valence-corrected chi connectivity index (χ1v) is 10.3. The maximum absolute atomic E-state index is 13.0. The molecule has 0 aromatic heterocycles. The Bertz CT molecular complexity index is 922. The van der Waals surface area contributed by atoms with Crippen LogP contribution in [0, 0.1) is 0 Å². The van der Waals surface area contributed by atoms with E-state index in [4.69, 9.17) is 4.74 Å². The number of nitrogens with one attached hydrogen (secondary N) is 2. The molecule has 1 aliphatic rings. The number of likely N-dealkylation sites (tertiary alicyclic amines) is 1. The third-order valence-electron chi connectivity index (χ3n) is 4.96. The highest BCUT2D eigenvalue weighted by Crippen LogP contribution is 2.22. The summed E-state index contributed by atoms with van der Waals surface area (Å²) < 4.78 is 5.12. The number of benzene rings is 2. The van der Waals surface area contributed by atoms with E-state index in [9.17, 15) is 14.4 Å². The van der Waals surface area contributed by atoms with Crippen molar-refractivity contribution in [1.82, 2.24) is 15.5 Å². The minimum atomic E-state index is -0.617. The van der Waals surface area contributed by atoms with Crippen molar-refractivity contribution in [2.75, 3.05) is 19.6 Å². The van der Waals surface area contributed by atoms with Crippen LogP contribution >= 0.6 is 0 Å². The predicted octanol–water partition coefficient (Wildman–Crippen LogP) is 3.09. The van der Waals surface area contributed by atoms with E-state index < -0.39 is 11.7 Å². The number of carbonyl (C=O) groups excluding carboxylic acids is 3. The first-order valence-electron chi connectivity index (χ1n) is 10.3. The van der Waals surface area contributed by atoms with Crippen LogP contribution in [-0.4, -0.2) is 54.1 Å². The summed E-state index contributed by atoms with van der Waals surface area (Å²) >= 11 is 0. The number of hydrogen-bond acceptors (Lipinski definition) is 4. The lowest BCUT2D eigenvalue weighted by Crippen LogP contribution is -2.49. The second-order valence-electron chi connectivity index (χ2n) is 8.52. The molecule has 30 heavy (non-hydrogen) atoms. The van der Waals surface area contributed by atoms with Crippen molar-refractivity contribution >= 4 is 28.7 Å². The van der Waals surface area contributed by atoms with Crippen molar-refractivity contribution in [3.63, 3.8) is 0 Å². The third-order valence-corrected chi connectivity index (χ3v) is 4.96. The zero-order valence-corrected chi connectivity index (χ0v) is 17.7. The summed E-state index contributed by atoms with van der Waals surface area (Å²) in [5, 5.41) is 7.37. The maximum Gasteiger partial charge on any atom is 0.408 e. The third kappa shape index (κ3) is 5.72. The molecule has 0 atom stereocenters. The Kier molecular flexibility index (Phi) is 6.59. The molecule has 7 heteroatoms. The van der Waals surface area contributed by atoms with Crippen molar-refractivity contribution in [3.8, 4) is 0 Å². The van der Waals surface area contributed by atoms with Gasteiger partial charge in [0.1, 0.15) is 12.1 Å². The molecular formula is C23H29N3O4. The zero-order valence-electron chi connectivity index (χ0n) is 17.7. The van der Waals surface area contributed by atoms with E-state index >= 15 is 0 Å². The number of ether oxygens (including phenoxy) is 1. The minimum absolute atomic E-state index is 0.0168.